The van der Waals surface area contributed by atoms with Crippen LogP contribution in [0.25, 0.3) is 0 Å². The molecule has 1 heterocycles. The van der Waals surface area contributed by atoms with Crippen molar-refractivity contribution in [1.82, 2.24) is 9.78 Å². The van der Waals surface area contributed by atoms with Gasteiger partial charge in [0.1, 0.15) is 5.56 Å². The Morgan fingerprint density at radius 1 is 1.32 bits per heavy atom. The van der Waals surface area contributed by atoms with Crippen molar-refractivity contribution in [3.63, 3.8) is 0 Å². The molecule has 0 saturated heterocycles. The standard InChI is InChI=1S/C15H15F3N2O2/c1-3-22-14(21)12-9-20(19-13(12)15(16,17)18)8-11-7-5-4-6-10(11)2/h4-7,9H,3,8H2,1-2H3. The van der Waals surface area contributed by atoms with E-state index in [1.807, 2.05) is 19.1 Å². The van der Waals surface area contributed by atoms with Crippen LogP contribution in [0.2, 0.25) is 0 Å². The fraction of sp³-hybridized carbons (Fsp3) is 0.333. The van der Waals surface area contributed by atoms with E-state index in [0.717, 1.165) is 22.0 Å². The first kappa shape index (κ1) is 16.1. The second kappa shape index (κ2) is 6.21. The summed E-state index contributed by atoms with van der Waals surface area (Å²) < 4.78 is 44.8. The third-order valence-electron chi connectivity index (χ3n) is 3.12. The van der Waals surface area contributed by atoms with Crippen molar-refractivity contribution >= 4 is 5.97 Å². The quantitative estimate of drug-likeness (QED) is 0.812. The maximum absolute atomic E-state index is 13.0. The van der Waals surface area contributed by atoms with Gasteiger partial charge in [0.05, 0.1) is 13.2 Å². The topological polar surface area (TPSA) is 44.1 Å². The molecular formula is C15H15F3N2O2. The number of ether oxygens (including phenoxy) is 1. The number of hydrogen-bond donors (Lipinski definition) is 0. The lowest BCUT2D eigenvalue weighted by atomic mass is 10.1. The first-order chi connectivity index (χ1) is 10.3. The third kappa shape index (κ3) is 3.47. The van der Waals surface area contributed by atoms with Crippen molar-refractivity contribution in [1.29, 1.82) is 0 Å². The van der Waals surface area contributed by atoms with Crippen molar-refractivity contribution in [3.05, 3.63) is 52.8 Å². The summed E-state index contributed by atoms with van der Waals surface area (Å²) in [6.45, 7) is 3.53. The molecule has 0 unspecified atom stereocenters. The zero-order valence-corrected chi connectivity index (χ0v) is 12.1. The number of carbonyl (C=O) groups excluding carboxylic acids is 1. The van der Waals surface area contributed by atoms with Crippen LogP contribution in [0.5, 0.6) is 0 Å². The predicted octanol–water partition coefficient (Wildman–Crippen LogP) is 3.44. The van der Waals surface area contributed by atoms with E-state index in [2.05, 4.69) is 9.84 Å². The lowest BCUT2D eigenvalue weighted by molar-refractivity contribution is -0.142. The number of aryl methyl sites for hydroxylation is 1. The molecule has 2 rings (SSSR count). The van der Waals surface area contributed by atoms with Crippen molar-refractivity contribution in [2.75, 3.05) is 6.61 Å². The molecule has 0 fully saturated rings. The molecule has 2 aromatic rings. The fourth-order valence-corrected chi connectivity index (χ4v) is 2.03. The van der Waals surface area contributed by atoms with Crippen LogP contribution in [0, 0.1) is 6.92 Å². The van der Waals surface area contributed by atoms with Gasteiger partial charge in [0, 0.05) is 6.20 Å². The lowest BCUT2D eigenvalue weighted by Gasteiger charge is -2.06. The van der Waals surface area contributed by atoms with Gasteiger partial charge in [-0.1, -0.05) is 24.3 Å². The van der Waals surface area contributed by atoms with E-state index in [9.17, 15) is 18.0 Å². The Bertz CT molecular complexity index is 678. The van der Waals surface area contributed by atoms with E-state index in [4.69, 9.17) is 0 Å². The Balaban J connectivity index is 2.38. The molecule has 118 valence electrons. The van der Waals surface area contributed by atoms with Crippen molar-refractivity contribution in [2.45, 2.75) is 26.6 Å². The van der Waals surface area contributed by atoms with Crippen LogP contribution in [0.15, 0.2) is 30.5 Å². The van der Waals surface area contributed by atoms with Gasteiger partial charge < -0.3 is 4.74 Å². The number of nitrogens with zero attached hydrogens (tertiary/aromatic N) is 2. The van der Waals surface area contributed by atoms with Gasteiger partial charge in [0.15, 0.2) is 5.69 Å². The average Bonchev–Trinajstić information content (AvgIpc) is 2.86. The number of halogens is 3. The van der Waals surface area contributed by atoms with Gasteiger partial charge in [-0.3, -0.25) is 4.68 Å². The summed E-state index contributed by atoms with van der Waals surface area (Å²) in [5, 5.41) is 3.51. The molecule has 22 heavy (non-hydrogen) atoms. The van der Waals surface area contributed by atoms with Gasteiger partial charge in [-0.15, -0.1) is 0 Å². The van der Waals surface area contributed by atoms with Gasteiger partial charge >= 0.3 is 12.1 Å². The van der Waals surface area contributed by atoms with E-state index in [0.29, 0.717) is 0 Å². The summed E-state index contributed by atoms with van der Waals surface area (Å²) >= 11 is 0. The van der Waals surface area contributed by atoms with Crippen LogP contribution in [0.4, 0.5) is 13.2 Å². The molecule has 0 bridgehead atoms. The highest BCUT2D eigenvalue weighted by molar-refractivity contribution is 5.90. The summed E-state index contributed by atoms with van der Waals surface area (Å²) in [7, 11) is 0. The van der Waals surface area contributed by atoms with Crippen molar-refractivity contribution < 1.29 is 22.7 Å². The lowest BCUT2D eigenvalue weighted by Crippen LogP contribution is -2.14. The molecule has 0 aliphatic carbocycles. The maximum atomic E-state index is 13.0. The van der Waals surface area contributed by atoms with Crippen LogP contribution in [0.1, 0.15) is 34.1 Å². The molecule has 0 atom stereocenters. The van der Waals surface area contributed by atoms with Crippen molar-refractivity contribution in [3.8, 4) is 0 Å². The molecule has 1 aromatic heterocycles. The van der Waals surface area contributed by atoms with Crippen LogP contribution >= 0.6 is 0 Å². The minimum atomic E-state index is -4.71. The maximum Gasteiger partial charge on any atom is 0.436 e. The Kier molecular flexibility index (Phi) is 4.54. The third-order valence-corrected chi connectivity index (χ3v) is 3.12. The molecule has 0 amide bonds. The van der Waals surface area contributed by atoms with E-state index in [-0.39, 0.29) is 13.2 Å². The molecule has 0 aliphatic heterocycles. The molecule has 7 heteroatoms. The molecule has 4 nitrogen and oxygen atoms in total. The van der Waals surface area contributed by atoms with Gasteiger partial charge in [-0.05, 0) is 25.0 Å². The number of aromatic nitrogens is 2. The first-order valence-corrected chi connectivity index (χ1v) is 6.69. The molecule has 0 saturated carbocycles. The molecule has 0 aliphatic rings. The number of alkyl halides is 3. The second-order valence-corrected chi connectivity index (χ2v) is 4.73. The normalized spacial score (nSPS) is 11.5. The Labute approximate surface area is 125 Å². The zero-order chi connectivity index (χ0) is 16.3. The monoisotopic (exact) mass is 312 g/mol. The SMILES string of the molecule is CCOC(=O)c1cn(Cc2ccccc2C)nc1C(F)(F)F. The van der Waals surface area contributed by atoms with Crippen LogP contribution < -0.4 is 0 Å². The van der Waals surface area contributed by atoms with Crippen LogP contribution in [-0.4, -0.2) is 22.4 Å². The minimum absolute atomic E-state index is 0.000889. The Hall–Kier alpha value is -2.31. The molecule has 0 spiro atoms. The van der Waals surface area contributed by atoms with Gasteiger partial charge in [-0.25, -0.2) is 4.79 Å². The fourth-order valence-electron chi connectivity index (χ4n) is 2.03. The van der Waals surface area contributed by atoms with Gasteiger partial charge in [0.2, 0.25) is 0 Å². The highest BCUT2D eigenvalue weighted by Crippen LogP contribution is 2.31. The Morgan fingerprint density at radius 2 is 2.00 bits per heavy atom. The first-order valence-electron chi connectivity index (χ1n) is 6.69. The summed E-state index contributed by atoms with van der Waals surface area (Å²) in [5.41, 5.74) is -0.0270. The van der Waals surface area contributed by atoms with Gasteiger partial charge in [-0.2, -0.15) is 18.3 Å². The second-order valence-electron chi connectivity index (χ2n) is 4.73. The van der Waals surface area contributed by atoms with Crippen LogP contribution in [0.3, 0.4) is 0 Å². The number of rotatable bonds is 4. The molecule has 0 radical (unpaired) electrons. The minimum Gasteiger partial charge on any atom is -0.462 e. The summed E-state index contributed by atoms with van der Waals surface area (Å²) in [6.07, 6.45) is -3.63. The smallest absolute Gasteiger partial charge is 0.436 e. The number of carbonyl (C=O) groups is 1. The van der Waals surface area contributed by atoms with E-state index in [1.54, 1.807) is 12.1 Å². The number of hydrogen-bond acceptors (Lipinski definition) is 3. The number of benzene rings is 1. The summed E-state index contributed by atoms with van der Waals surface area (Å²) in [5.74, 6) is -1.02. The summed E-state index contributed by atoms with van der Waals surface area (Å²) in [4.78, 5) is 11.7. The van der Waals surface area contributed by atoms with E-state index < -0.39 is 23.4 Å². The van der Waals surface area contributed by atoms with E-state index in [1.165, 1.54) is 6.92 Å². The molecular weight excluding hydrogens is 297 g/mol. The Morgan fingerprint density at radius 3 is 2.59 bits per heavy atom. The predicted molar refractivity (Wildman–Crippen MR) is 73.5 cm³/mol. The van der Waals surface area contributed by atoms with Gasteiger partial charge in [0.25, 0.3) is 0 Å². The number of esters is 1. The van der Waals surface area contributed by atoms with Crippen LogP contribution in [-0.2, 0) is 17.5 Å². The molecule has 1 aromatic carbocycles. The van der Waals surface area contributed by atoms with E-state index >= 15 is 0 Å². The summed E-state index contributed by atoms with van der Waals surface area (Å²) in [6, 6.07) is 7.29. The highest BCUT2D eigenvalue weighted by atomic mass is 19.4. The average molecular weight is 312 g/mol. The molecule has 0 N–H and O–H groups in total. The largest absolute Gasteiger partial charge is 0.462 e. The highest BCUT2D eigenvalue weighted by Gasteiger charge is 2.39. The zero-order valence-electron chi connectivity index (χ0n) is 12.1. The van der Waals surface area contributed by atoms with Crippen molar-refractivity contribution in [2.24, 2.45) is 0 Å².